The maximum atomic E-state index is 13.5. The summed E-state index contributed by atoms with van der Waals surface area (Å²) in [6.45, 7) is 10.7. The molecule has 3 aromatic rings. The number of nitrogens with two attached hydrogens (primary N) is 1. The maximum Gasteiger partial charge on any atom is 0.407 e. The molecule has 0 saturated carbocycles. The molecule has 0 bridgehead atoms. The molecule has 0 aliphatic carbocycles. The third-order valence-electron chi connectivity index (χ3n) is 11.3. The summed E-state index contributed by atoms with van der Waals surface area (Å²) >= 11 is 0. The highest BCUT2D eigenvalue weighted by molar-refractivity contribution is 5.97. The van der Waals surface area contributed by atoms with Gasteiger partial charge in [-0.25, -0.2) is 4.79 Å². The lowest BCUT2D eigenvalue weighted by atomic mass is 10.0. The van der Waals surface area contributed by atoms with Gasteiger partial charge in [0.1, 0.15) is 18.2 Å². The van der Waals surface area contributed by atoms with Gasteiger partial charge >= 0.3 is 12.1 Å². The summed E-state index contributed by atoms with van der Waals surface area (Å²) in [6, 6.07) is 16.5. The average Bonchev–Trinajstić information content (AvgIpc) is 3.67. The summed E-state index contributed by atoms with van der Waals surface area (Å²) in [4.78, 5) is 80.3. The van der Waals surface area contributed by atoms with Crippen LogP contribution in [0.3, 0.4) is 0 Å². The van der Waals surface area contributed by atoms with Crippen LogP contribution in [0.2, 0.25) is 0 Å². The number of aryl methyl sites for hydroxylation is 1. The fraction of sp³-hybridized carbons (Fsp3) is 0.592. The number of esters is 1. The van der Waals surface area contributed by atoms with Gasteiger partial charge in [0.2, 0.25) is 23.6 Å². The number of fused-ring (bicyclic) bond motifs is 1. The Morgan fingerprint density at radius 1 is 0.853 bits per heavy atom. The van der Waals surface area contributed by atoms with Gasteiger partial charge in [0.05, 0.1) is 39.4 Å². The van der Waals surface area contributed by atoms with E-state index in [1.807, 2.05) is 44.9 Å². The summed E-state index contributed by atoms with van der Waals surface area (Å²) in [5.74, 6) is -1.42. The number of rotatable bonds is 29. The third kappa shape index (κ3) is 19.9. The first-order chi connectivity index (χ1) is 32.7. The van der Waals surface area contributed by atoms with Crippen molar-refractivity contribution in [1.82, 2.24) is 35.6 Å². The molecular weight excluding hydrogens is 875 g/mol. The lowest BCUT2D eigenvalue weighted by molar-refractivity contribution is -0.156. The van der Waals surface area contributed by atoms with Gasteiger partial charge in [0, 0.05) is 75.6 Å². The number of carbonyl (C=O) groups excluding carboxylic acids is 6. The topological polar surface area (TPSA) is 237 Å². The number of aromatic nitrogens is 1. The van der Waals surface area contributed by atoms with Crippen LogP contribution in [-0.4, -0.2) is 148 Å². The molecule has 1 aliphatic heterocycles. The average molecular weight is 950 g/mol. The smallest absolute Gasteiger partial charge is 0.407 e. The van der Waals surface area contributed by atoms with Crippen molar-refractivity contribution in [3.05, 3.63) is 65.9 Å². The van der Waals surface area contributed by atoms with Gasteiger partial charge in [-0.1, -0.05) is 30.3 Å². The molecule has 2 aromatic carbocycles. The number of anilines is 1. The van der Waals surface area contributed by atoms with Gasteiger partial charge < -0.3 is 60.7 Å². The van der Waals surface area contributed by atoms with Crippen molar-refractivity contribution in [1.29, 1.82) is 0 Å². The van der Waals surface area contributed by atoms with Crippen molar-refractivity contribution < 1.29 is 47.7 Å². The van der Waals surface area contributed by atoms with E-state index in [1.165, 1.54) is 7.05 Å². The number of nitrogens with one attached hydrogen (secondary N) is 5. The lowest BCUT2D eigenvalue weighted by Gasteiger charge is -2.38. The minimum absolute atomic E-state index is 0.0655. The fourth-order valence-electron chi connectivity index (χ4n) is 7.91. The normalized spacial score (nSPS) is 13.5. The highest BCUT2D eigenvalue weighted by Crippen LogP contribution is 2.22. The highest BCUT2D eigenvalue weighted by atomic mass is 16.6. The molecule has 7 N–H and O–H groups in total. The summed E-state index contributed by atoms with van der Waals surface area (Å²) in [5, 5.41) is 15.0. The highest BCUT2D eigenvalue weighted by Gasteiger charge is 2.27. The summed E-state index contributed by atoms with van der Waals surface area (Å²) in [5.41, 5.74) is 8.65. The van der Waals surface area contributed by atoms with E-state index in [0.29, 0.717) is 97.0 Å². The first kappa shape index (κ1) is 55.0. The maximum absolute atomic E-state index is 13.5. The zero-order valence-electron chi connectivity index (χ0n) is 40.7. The number of ether oxygens (including phenoxy) is 4. The van der Waals surface area contributed by atoms with E-state index in [0.717, 1.165) is 35.0 Å². The molecule has 1 unspecified atom stereocenters. The minimum atomic E-state index is -0.878. The van der Waals surface area contributed by atoms with Gasteiger partial charge in [-0.05, 0) is 108 Å². The Morgan fingerprint density at radius 2 is 1.57 bits per heavy atom. The van der Waals surface area contributed by atoms with Crippen LogP contribution in [-0.2, 0) is 62.6 Å². The molecule has 19 nitrogen and oxygen atoms in total. The minimum Gasteiger partial charge on any atom is -0.460 e. The number of hydrogen-bond donors (Lipinski definition) is 6. The van der Waals surface area contributed by atoms with E-state index in [2.05, 4.69) is 54.3 Å². The largest absolute Gasteiger partial charge is 0.460 e. The van der Waals surface area contributed by atoms with Crippen molar-refractivity contribution in [3.63, 3.8) is 0 Å². The van der Waals surface area contributed by atoms with E-state index in [4.69, 9.17) is 24.7 Å². The van der Waals surface area contributed by atoms with Gasteiger partial charge in [0.25, 0.3) is 0 Å². The van der Waals surface area contributed by atoms with Crippen LogP contribution >= 0.6 is 0 Å². The zero-order valence-corrected chi connectivity index (χ0v) is 40.7. The van der Waals surface area contributed by atoms with E-state index in [9.17, 15) is 28.8 Å². The zero-order chi connectivity index (χ0) is 49.3. The van der Waals surface area contributed by atoms with Crippen LogP contribution < -0.4 is 32.3 Å². The number of amides is 5. The van der Waals surface area contributed by atoms with Crippen LogP contribution in [0.25, 0.3) is 10.9 Å². The van der Waals surface area contributed by atoms with Gasteiger partial charge in [-0.2, -0.15) is 0 Å². The molecule has 1 fully saturated rings. The Morgan fingerprint density at radius 3 is 2.26 bits per heavy atom. The number of para-hydroxylation sites is 1. The molecule has 2 heterocycles. The van der Waals surface area contributed by atoms with Gasteiger partial charge in [-0.15, -0.1) is 0 Å². The Bertz CT molecular complexity index is 2050. The van der Waals surface area contributed by atoms with Crippen molar-refractivity contribution in [2.45, 2.75) is 110 Å². The van der Waals surface area contributed by atoms with E-state index in [-0.39, 0.29) is 56.4 Å². The molecule has 4 rings (SSSR count). The monoisotopic (exact) mass is 950 g/mol. The number of hydrogen-bond acceptors (Lipinski definition) is 13. The number of likely N-dealkylation sites (tertiary alicyclic amines) is 1. The van der Waals surface area contributed by atoms with E-state index >= 15 is 0 Å². The Balaban J connectivity index is 1.24. The van der Waals surface area contributed by atoms with Crippen molar-refractivity contribution >= 4 is 52.3 Å². The summed E-state index contributed by atoms with van der Waals surface area (Å²) in [6.07, 6.45) is 3.07. The van der Waals surface area contributed by atoms with Crippen molar-refractivity contribution in [2.75, 3.05) is 85.1 Å². The molecule has 0 radical (unpaired) electrons. The first-order valence-electron chi connectivity index (χ1n) is 23.8. The third-order valence-corrected chi connectivity index (χ3v) is 11.3. The van der Waals surface area contributed by atoms with Crippen molar-refractivity contribution in [2.24, 2.45) is 5.73 Å². The lowest BCUT2D eigenvalue weighted by Crippen LogP contribution is -2.48. The second-order valence-corrected chi connectivity index (χ2v) is 17.8. The number of benzene rings is 2. The summed E-state index contributed by atoms with van der Waals surface area (Å²) < 4.78 is 24.1. The van der Waals surface area contributed by atoms with Crippen LogP contribution in [0.5, 0.6) is 0 Å². The molecule has 19 heteroatoms. The van der Waals surface area contributed by atoms with E-state index in [1.54, 1.807) is 24.3 Å². The number of nitrogens with zero attached hydrogens (tertiary/aromatic N) is 3. The SMILES string of the molecule is CNCc1cc2ccccc2n1CCC(=O)N1CCC(N(CCCC(=O)NCC(=O)NC(CCCN)C(=O)Nc2ccc(COC(=O)NC)cc2)CCOCCOCCC(=O)OC(C)(C)C)CC1. The molecule has 68 heavy (non-hydrogen) atoms. The van der Waals surface area contributed by atoms with Gasteiger partial charge in [0.15, 0.2) is 0 Å². The molecule has 0 spiro atoms. The molecule has 5 amide bonds. The Kier molecular flexibility index (Phi) is 23.7. The quantitative estimate of drug-likeness (QED) is 0.0433. The molecule has 1 aromatic heterocycles. The second-order valence-electron chi connectivity index (χ2n) is 17.8. The van der Waals surface area contributed by atoms with Crippen LogP contribution in [0.15, 0.2) is 54.6 Å². The predicted molar refractivity (Wildman–Crippen MR) is 259 cm³/mol. The number of carbonyl (C=O) groups is 6. The first-order valence-corrected chi connectivity index (χ1v) is 23.8. The fourth-order valence-corrected chi connectivity index (χ4v) is 7.91. The number of piperidine rings is 1. The molecule has 376 valence electrons. The van der Waals surface area contributed by atoms with E-state index < -0.39 is 29.6 Å². The summed E-state index contributed by atoms with van der Waals surface area (Å²) in [7, 11) is 3.39. The second kappa shape index (κ2) is 29.3. The van der Waals surface area contributed by atoms with Gasteiger partial charge in [-0.3, -0.25) is 28.9 Å². The van der Waals surface area contributed by atoms with Crippen LogP contribution in [0, 0.1) is 0 Å². The molecule has 1 saturated heterocycles. The number of alkyl carbamates (subject to hydrolysis) is 1. The molecular formula is C49H75N9O10. The van der Waals surface area contributed by atoms with Crippen LogP contribution in [0.1, 0.15) is 83.4 Å². The van der Waals surface area contributed by atoms with Crippen molar-refractivity contribution in [3.8, 4) is 0 Å². The standard InChI is InChI=1S/C49H75N9O10/c1-49(2,3)68-46(62)21-28-65-30-31-66-29-27-56(39-18-24-57(25-19-39)45(61)20-26-58-40(33-51-4)32-37-10-6-7-12-42(37)58)23-9-13-43(59)53-34-44(60)55-41(11-8-22-50)47(63)54-38-16-14-36(15-17-38)35-67-48(64)52-5/h6-7,10,12,14-17,32,39,41,51H,8-9,11,13,18-31,33-35,50H2,1-5H3,(H,52,64)(H,53,59)(H,54,63)(H,55,60). The Labute approximate surface area is 400 Å². The molecule has 1 atom stereocenters. The Hall–Kier alpha value is -5.60. The van der Waals surface area contributed by atoms with Crippen LogP contribution in [0.4, 0.5) is 10.5 Å². The predicted octanol–water partition coefficient (Wildman–Crippen LogP) is 3.42. The molecule has 1 aliphatic rings.